The monoisotopic (exact) mass is 299 g/mol. The van der Waals surface area contributed by atoms with E-state index in [-0.39, 0.29) is 30.0 Å². The predicted molar refractivity (Wildman–Crippen MR) is 78.3 cm³/mol. The van der Waals surface area contributed by atoms with Crippen molar-refractivity contribution in [2.45, 2.75) is 18.9 Å². The molecular weight excluding hydrogens is 282 g/mol. The number of piperidine rings is 1. The zero-order valence-electron chi connectivity index (χ0n) is 11.2. The summed E-state index contributed by atoms with van der Waals surface area (Å²) in [6.07, 6.45) is 1.88. The fourth-order valence-corrected chi connectivity index (χ4v) is 2.29. The van der Waals surface area contributed by atoms with Crippen LogP contribution in [-0.4, -0.2) is 41.9 Å². The molecular formula is C13H18ClN3O3. The van der Waals surface area contributed by atoms with E-state index in [0.29, 0.717) is 5.56 Å². The molecule has 1 amide bonds. The molecule has 110 valence electrons. The molecule has 1 N–H and O–H groups in total. The van der Waals surface area contributed by atoms with Crippen molar-refractivity contribution in [3.05, 3.63) is 39.9 Å². The number of hydrogen-bond acceptors (Lipinski definition) is 4. The number of non-ortho nitro benzene ring substituents is 1. The van der Waals surface area contributed by atoms with Crippen LogP contribution in [0.2, 0.25) is 0 Å². The molecule has 0 radical (unpaired) electrons. The highest BCUT2D eigenvalue weighted by atomic mass is 35.5. The molecule has 0 aromatic heterocycles. The predicted octanol–water partition coefficient (Wildman–Crippen LogP) is 1.84. The van der Waals surface area contributed by atoms with E-state index >= 15 is 0 Å². The third-order valence-corrected chi connectivity index (χ3v) is 3.50. The van der Waals surface area contributed by atoms with Crippen LogP contribution in [0.15, 0.2) is 24.3 Å². The highest BCUT2D eigenvalue weighted by molar-refractivity contribution is 5.94. The molecule has 0 bridgehead atoms. The first-order chi connectivity index (χ1) is 9.09. The average Bonchev–Trinajstić information content (AvgIpc) is 2.46. The number of carbonyl (C=O) groups is 1. The Labute approximate surface area is 123 Å². The number of nitro groups is 1. The van der Waals surface area contributed by atoms with E-state index in [0.717, 1.165) is 25.9 Å². The van der Waals surface area contributed by atoms with Gasteiger partial charge in [-0.2, -0.15) is 0 Å². The van der Waals surface area contributed by atoms with Crippen molar-refractivity contribution in [1.82, 2.24) is 10.2 Å². The van der Waals surface area contributed by atoms with E-state index in [1.165, 1.54) is 24.3 Å². The van der Waals surface area contributed by atoms with Crippen LogP contribution in [0, 0.1) is 10.1 Å². The summed E-state index contributed by atoms with van der Waals surface area (Å²) in [5, 5.41) is 13.8. The lowest BCUT2D eigenvalue weighted by atomic mass is 10.0. The van der Waals surface area contributed by atoms with Crippen LogP contribution in [0.3, 0.4) is 0 Å². The van der Waals surface area contributed by atoms with Gasteiger partial charge in [-0.05, 0) is 38.1 Å². The number of hydrogen-bond donors (Lipinski definition) is 1. The first-order valence-corrected chi connectivity index (χ1v) is 6.32. The molecule has 2 rings (SSSR count). The molecule has 7 heteroatoms. The molecule has 20 heavy (non-hydrogen) atoms. The van der Waals surface area contributed by atoms with Gasteiger partial charge in [0, 0.05) is 30.8 Å². The van der Waals surface area contributed by atoms with Crippen LogP contribution in [0.5, 0.6) is 0 Å². The summed E-state index contributed by atoms with van der Waals surface area (Å²) in [5.74, 6) is -0.0817. The number of nitrogens with one attached hydrogen (secondary N) is 1. The molecule has 0 spiro atoms. The molecule has 0 unspecified atom stereocenters. The summed E-state index contributed by atoms with van der Waals surface area (Å²) in [6, 6.07) is 5.99. The Kier molecular flexibility index (Phi) is 5.91. The van der Waals surface area contributed by atoms with Gasteiger partial charge in [-0.15, -0.1) is 12.4 Å². The Morgan fingerprint density at radius 2 is 1.85 bits per heavy atom. The number of nitro benzene ring substituents is 1. The summed E-state index contributed by atoms with van der Waals surface area (Å²) in [6.45, 7) is 1.84. The molecule has 0 aliphatic carbocycles. The second kappa shape index (κ2) is 7.21. The van der Waals surface area contributed by atoms with Crippen molar-refractivity contribution >= 4 is 24.0 Å². The van der Waals surface area contributed by atoms with Crippen LogP contribution in [0.25, 0.3) is 0 Å². The van der Waals surface area contributed by atoms with Gasteiger partial charge >= 0.3 is 0 Å². The topological polar surface area (TPSA) is 75.5 Å². The van der Waals surface area contributed by atoms with Crippen molar-refractivity contribution < 1.29 is 9.72 Å². The normalized spacial score (nSPS) is 15.2. The van der Waals surface area contributed by atoms with Gasteiger partial charge in [0.25, 0.3) is 11.6 Å². The van der Waals surface area contributed by atoms with Gasteiger partial charge in [0.15, 0.2) is 0 Å². The molecule has 1 fully saturated rings. The molecule has 0 atom stereocenters. The third-order valence-electron chi connectivity index (χ3n) is 3.50. The second-order valence-corrected chi connectivity index (χ2v) is 4.70. The molecule has 1 aliphatic rings. The molecule has 1 aliphatic heterocycles. The third kappa shape index (κ3) is 3.68. The first kappa shape index (κ1) is 16.4. The minimum absolute atomic E-state index is 0. The number of halogens is 1. The Morgan fingerprint density at radius 3 is 2.35 bits per heavy atom. The maximum Gasteiger partial charge on any atom is 0.269 e. The Balaban J connectivity index is 0.00000200. The van der Waals surface area contributed by atoms with E-state index in [1.54, 1.807) is 11.9 Å². The smallest absolute Gasteiger partial charge is 0.269 e. The van der Waals surface area contributed by atoms with Gasteiger partial charge in [0.1, 0.15) is 0 Å². The Morgan fingerprint density at radius 1 is 1.30 bits per heavy atom. The largest absolute Gasteiger partial charge is 0.339 e. The van der Waals surface area contributed by atoms with Gasteiger partial charge in [0.2, 0.25) is 0 Å². The van der Waals surface area contributed by atoms with E-state index in [2.05, 4.69) is 5.32 Å². The number of rotatable bonds is 3. The van der Waals surface area contributed by atoms with E-state index in [9.17, 15) is 14.9 Å². The summed E-state index contributed by atoms with van der Waals surface area (Å²) in [5.41, 5.74) is 0.493. The fraction of sp³-hybridized carbons (Fsp3) is 0.462. The number of benzene rings is 1. The van der Waals surface area contributed by atoms with Crippen LogP contribution < -0.4 is 5.32 Å². The molecule has 0 saturated carbocycles. The maximum atomic E-state index is 12.3. The van der Waals surface area contributed by atoms with E-state index in [4.69, 9.17) is 0 Å². The van der Waals surface area contributed by atoms with Crippen LogP contribution in [0.1, 0.15) is 23.2 Å². The number of nitrogens with zero attached hydrogens (tertiary/aromatic N) is 2. The number of carbonyl (C=O) groups excluding carboxylic acids is 1. The van der Waals surface area contributed by atoms with Crippen molar-refractivity contribution in [3.8, 4) is 0 Å². The van der Waals surface area contributed by atoms with Gasteiger partial charge in [-0.1, -0.05) is 0 Å². The van der Waals surface area contributed by atoms with Crippen LogP contribution >= 0.6 is 12.4 Å². The summed E-state index contributed by atoms with van der Waals surface area (Å²) < 4.78 is 0. The quantitative estimate of drug-likeness (QED) is 0.682. The fourth-order valence-electron chi connectivity index (χ4n) is 2.29. The number of amides is 1. The highest BCUT2D eigenvalue weighted by Crippen LogP contribution is 2.16. The van der Waals surface area contributed by atoms with Gasteiger partial charge in [0.05, 0.1) is 4.92 Å². The second-order valence-electron chi connectivity index (χ2n) is 4.70. The maximum absolute atomic E-state index is 12.3. The molecule has 6 nitrogen and oxygen atoms in total. The van der Waals surface area contributed by atoms with Crippen molar-refractivity contribution in [2.75, 3.05) is 20.1 Å². The minimum Gasteiger partial charge on any atom is -0.339 e. The zero-order valence-corrected chi connectivity index (χ0v) is 12.1. The first-order valence-electron chi connectivity index (χ1n) is 6.32. The van der Waals surface area contributed by atoms with Gasteiger partial charge in [-0.3, -0.25) is 14.9 Å². The minimum atomic E-state index is -0.467. The molecule has 1 heterocycles. The summed E-state index contributed by atoms with van der Waals surface area (Å²) in [4.78, 5) is 24.1. The van der Waals surface area contributed by atoms with Crippen molar-refractivity contribution in [1.29, 1.82) is 0 Å². The summed E-state index contributed by atoms with van der Waals surface area (Å²) in [7, 11) is 1.79. The van der Waals surface area contributed by atoms with Gasteiger partial charge in [-0.25, -0.2) is 0 Å². The average molecular weight is 300 g/mol. The SMILES string of the molecule is CN(C(=O)c1ccc([N+](=O)[O-])cc1)C1CCNCC1.Cl. The van der Waals surface area contributed by atoms with Crippen molar-refractivity contribution in [2.24, 2.45) is 0 Å². The lowest BCUT2D eigenvalue weighted by Crippen LogP contribution is -2.43. The van der Waals surface area contributed by atoms with Crippen molar-refractivity contribution in [3.63, 3.8) is 0 Å². The molecule has 1 saturated heterocycles. The standard InChI is InChI=1S/C13H17N3O3.ClH/c1-15(11-6-8-14-9-7-11)13(17)10-2-4-12(5-3-10)16(18)19;/h2-5,11,14H,6-9H2,1H3;1H. The van der Waals surface area contributed by atoms with E-state index in [1.807, 2.05) is 0 Å². The summed E-state index contributed by atoms with van der Waals surface area (Å²) >= 11 is 0. The Bertz CT molecular complexity index is 472. The lowest BCUT2D eigenvalue weighted by Gasteiger charge is -2.31. The lowest BCUT2D eigenvalue weighted by molar-refractivity contribution is -0.384. The van der Waals surface area contributed by atoms with E-state index < -0.39 is 4.92 Å². The molecule has 1 aromatic rings. The Hall–Kier alpha value is -1.66. The highest BCUT2D eigenvalue weighted by Gasteiger charge is 2.23. The molecule has 1 aromatic carbocycles. The van der Waals surface area contributed by atoms with Crippen LogP contribution in [-0.2, 0) is 0 Å². The zero-order chi connectivity index (χ0) is 13.8. The van der Waals surface area contributed by atoms with Crippen LogP contribution in [0.4, 0.5) is 5.69 Å². The van der Waals surface area contributed by atoms with Gasteiger partial charge < -0.3 is 10.2 Å².